The highest BCUT2D eigenvalue weighted by Crippen LogP contribution is 2.43. The summed E-state index contributed by atoms with van der Waals surface area (Å²) in [5.41, 5.74) is 0. The Morgan fingerprint density at radius 3 is 1.60 bits per heavy atom. The van der Waals surface area contributed by atoms with Gasteiger partial charge in [-0.25, -0.2) is 0 Å². The van der Waals surface area contributed by atoms with Gasteiger partial charge in [0.25, 0.3) is 0 Å². The predicted molar refractivity (Wildman–Crippen MR) is 60.8 cm³/mol. The average molecular weight is 210 g/mol. The summed E-state index contributed by atoms with van der Waals surface area (Å²) in [7, 11) is 0. The molecule has 2 aliphatic carbocycles. The largest absolute Gasteiger partial charge is 0.372 e. The fourth-order valence-corrected chi connectivity index (χ4v) is 2.72. The SMILES string of the molecule is CC(C)OC1C2C=CC(C2)C1OC(C)C. The molecule has 2 bridgehead atoms. The van der Waals surface area contributed by atoms with Crippen molar-refractivity contribution in [3.63, 3.8) is 0 Å². The summed E-state index contributed by atoms with van der Waals surface area (Å²) >= 11 is 0. The molecule has 15 heavy (non-hydrogen) atoms. The van der Waals surface area contributed by atoms with Crippen LogP contribution in [0.1, 0.15) is 34.1 Å². The van der Waals surface area contributed by atoms with Gasteiger partial charge >= 0.3 is 0 Å². The van der Waals surface area contributed by atoms with Crippen molar-refractivity contribution in [3.8, 4) is 0 Å². The predicted octanol–water partition coefficient (Wildman–Crippen LogP) is 2.78. The van der Waals surface area contributed by atoms with E-state index in [0.29, 0.717) is 24.0 Å². The molecule has 0 aliphatic heterocycles. The van der Waals surface area contributed by atoms with Gasteiger partial charge in [-0.2, -0.15) is 0 Å². The first-order valence-corrected chi connectivity index (χ1v) is 6.07. The summed E-state index contributed by atoms with van der Waals surface area (Å²) in [5.74, 6) is 1.17. The number of fused-ring (bicyclic) bond motifs is 2. The Morgan fingerprint density at radius 2 is 1.27 bits per heavy atom. The highest BCUT2D eigenvalue weighted by molar-refractivity contribution is 5.16. The fraction of sp³-hybridized carbons (Fsp3) is 0.846. The molecule has 2 aliphatic rings. The van der Waals surface area contributed by atoms with Gasteiger partial charge in [0.15, 0.2) is 0 Å². The zero-order valence-electron chi connectivity index (χ0n) is 10.1. The highest BCUT2D eigenvalue weighted by atomic mass is 16.6. The van der Waals surface area contributed by atoms with Gasteiger partial charge < -0.3 is 9.47 Å². The zero-order valence-corrected chi connectivity index (χ0v) is 10.1. The molecule has 0 aromatic rings. The Labute approximate surface area is 92.6 Å². The molecule has 2 nitrogen and oxygen atoms in total. The maximum Gasteiger partial charge on any atom is 0.0908 e. The zero-order chi connectivity index (χ0) is 11.0. The van der Waals surface area contributed by atoms with Crippen molar-refractivity contribution in [1.29, 1.82) is 0 Å². The third-order valence-corrected chi connectivity index (χ3v) is 3.18. The molecule has 0 spiro atoms. The van der Waals surface area contributed by atoms with Crippen LogP contribution >= 0.6 is 0 Å². The topological polar surface area (TPSA) is 18.5 Å². The van der Waals surface area contributed by atoms with Gasteiger partial charge in [0.2, 0.25) is 0 Å². The van der Waals surface area contributed by atoms with E-state index < -0.39 is 0 Å². The summed E-state index contributed by atoms with van der Waals surface area (Å²) in [5, 5.41) is 0. The van der Waals surface area contributed by atoms with Gasteiger partial charge in [-0.05, 0) is 34.1 Å². The van der Waals surface area contributed by atoms with Crippen molar-refractivity contribution in [2.45, 2.75) is 58.5 Å². The lowest BCUT2D eigenvalue weighted by atomic mass is 10.0. The number of rotatable bonds is 4. The molecular formula is C13H22O2. The van der Waals surface area contributed by atoms with Gasteiger partial charge in [-0.15, -0.1) is 0 Å². The summed E-state index contributed by atoms with van der Waals surface area (Å²) in [6, 6.07) is 0. The third kappa shape index (κ3) is 2.26. The molecule has 0 saturated heterocycles. The molecule has 0 N–H and O–H groups in total. The van der Waals surface area contributed by atoms with E-state index in [-0.39, 0.29) is 12.2 Å². The van der Waals surface area contributed by atoms with Crippen LogP contribution in [0.3, 0.4) is 0 Å². The second-order valence-corrected chi connectivity index (χ2v) is 5.25. The minimum absolute atomic E-state index is 0.280. The molecule has 0 amide bonds. The first-order chi connectivity index (χ1) is 7.08. The normalized spacial score (nSPS) is 38.5. The monoisotopic (exact) mass is 210 g/mol. The minimum atomic E-state index is 0.280. The summed E-state index contributed by atoms with van der Waals surface area (Å²) in [4.78, 5) is 0. The van der Waals surface area contributed by atoms with Crippen molar-refractivity contribution in [3.05, 3.63) is 12.2 Å². The molecule has 0 aromatic heterocycles. The molecule has 4 atom stereocenters. The van der Waals surface area contributed by atoms with E-state index in [4.69, 9.17) is 9.47 Å². The maximum atomic E-state index is 5.98. The van der Waals surface area contributed by atoms with Gasteiger partial charge in [0.05, 0.1) is 24.4 Å². The molecule has 2 rings (SSSR count). The summed E-state index contributed by atoms with van der Waals surface area (Å²) in [6.45, 7) is 8.40. The molecule has 0 heterocycles. The summed E-state index contributed by atoms with van der Waals surface area (Å²) in [6.07, 6.45) is 6.97. The standard InChI is InChI=1S/C13H22O2/c1-8(2)14-12-10-5-6-11(7-10)13(12)15-9(3)4/h5-6,8-13H,7H2,1-4H3. The van der Waals surface area contributed by atoms with Crippen LogP contribution < -0.4 is 0 Å². The Bertz CT molecular complexity index is 221. The van der Waals surface area contributed by atoms with E-state index in [9.17, 15) is 0 Å². The van der Waals surface area contributed by atoms with Crippen LogP contribution in [0.4, 0.5) is 0 Å². The molecule has 0 radical (unpaired) electrons. The fourth-order valence-electron chi connectivity index (χ4n) is 2.72. The van der Waals surface area contributed by atoms with Crippen LogP contribution in [0.5, 0.6) is 0 Å². The van der Waals surface area contributed by atoms with Gasteiger partial charge in [-0.1, -0.05) is 12.2 Å². The Balaban J connectivity index is 2.03. The number of ether oxygens (including phenoxy) is 2. The number of hydrogen-bond donors (Lipinski definition) is 0. The quantitative estimate of drug-likeness (QED) is 0.664. The van der Waals surface area contributed by atoms with Crippen molar-refractivity contribution in [1.82, 2.24) is 0 Å². The van der Waals surface area contributed by atoms with Crippen molar-refractivity contribution >= 4 is 0 Å². The van der Waals surface area contributed by atoms with Crippen LogP contribution in [0.15, 0.2) is 12.2 Å². The van der Waals surface area contributed by atoms with E-state index in [1.807, 2.05) is 0 Å². The molecule has 86 valence electrons. The van der Waals surface area contributed by atoms with E-state index in [1.54, 1.807) is 0 Å². The van der Waals surface area contributed by atoms with Crippen molar-refractivity contribution < 1.29 is 9.47 Å². The smallest absolute Gasteiger partial charge is 0.0908 e. The number of hydrogen-bond acceptors (Lipinski definition) is 2. The second-order valence-electron chi connectivity index (χ2n) is 5.25. The Morgan fingerprint density at radius 1 is 0.867 bits per heavy atom. The molecule has 2 heteroatoms. The minimum Gasteiger partial charge on any atom is -0.372 e. The maximum absolute atomic E-state index is 5.98. The molecule has 1 saturated carbocycles. The molecular weight excluding hydrogens is 188 g/mol. The third-order valence-electron chi connectivity index (χ3n) is 3.18. The van der Waals surface area contributed by atoms with Crippen LogP contribution in [0, 0.1) is 11.8 Å². The van der Waals surface area contributed by atoms with Crippen molar-refractivity contribution in [2.24, 2.45) is 11.8 Å². The molecule has 4 unspecified atom stereocenters. The lowest BCUT2D eigenvalue weighted by Crippen LogP contribution is -2.38. The first-order valence-electron chi connectivity index (χ1n) is 6.07. The van der Waals surface area contributed by atoms with Crippen LogP contribution in [-0.2, 0) is 9.47 Å². The van der Waals surface area contributed by atoms with E-state index in [2.05, 4.69) is 39.8 Å². The highest BCUT2D eigenvalue weighted by Gasteiger charge is 2.46. The second kappa shape index (κ2) is 4.26. The molecule has 0 aromatic carbocycles. The lowest BCUT2D eigenvalue weighted by molar-refractivity contribution is -0.113. The lowest BCUT2D eigenvalue weighted by Gasteiger charge is -2.31. The van der Waals surface area contributed by atoms with Crippen LogP contribution in [0.2, 0.25) is 0 Å². The van der Waals surface area contributed by atoms with Gasteiger partial charge in [0.1, 0.15) is 0 Å². The van der Waals surface area contributed by atoms with Crippen molar-refractivity contribution in [2.75, 3.05) is 0 Å². The Kier molecular flexibility index (Phi) is 3.17. The van der Waals surface area contributed by atoms with Gasteiger partial charge in [0, 0.05) is 11.8 Å². The average Bonchev–Trinajstić information content (AvgIpc) is 2.67. The van der Waals surface area contributed by atoms with Gasteiger partial charge in [-0.3, -0.25) is 0 Å². The van der Waals surface area contributed by atoms with E-state index in [1.165, 1.54) is 6.42 Å². The Hall–Kier alpha value is -0.340. The van der Waals surface area contributed by atoms with Crippen LogP contribution in [-0.4, -0.2) is 24.4 Å². The van der Waals surface area contributed by atoms with Crippen LogP contribution in [0.25, 0.3) is 0 Å². The molecule has 1 fully saturated rings. The van der Waals surface area contributed by atoms with E-state index >= 15 is 0 Å². The first kappa shape index (κ1) is 11.2. The van der Waals surface area contributed by atoms with E-state index in [0.717, 1.165) is 0 Å². The summed E-state index contributed by atoms with van der Waals surface area (Å²) < 4.78 is 12.0.